The average molecular weight is 231 g/mol. The maximum absolute atomic E-state index is 11.8. The Hall–Kier alpha value is -1.31. The van der Waals surface area contributed by atoms with Crippen LogP contribution in [0, 0.1) is 11.8 Å². The molecule has 0 aromatic heterocycles. The molecule has 2 nitrogen and oxygen atoms in total. The van der Waals surface area contributed by atoms with Crippen LogP contribution in [0.1, 0.15) is 44.4 Å². The molecule has 1 fully saturated rings. The molecule has 1 aliphatic rings. The molecular weight excluding hydrogens is 210 g/mol. The van der Waals surface area contributed by atoms with Crippen molar-refractivity contribution in [2.45, 2.75) is 39.7 Å². The average Bonchev–Trinajstić information content (AvgIpc) is 3.06. The monoisotopic (exact) mass is 231 g/mol. The van der Waals surface area contributed by atoms with E-state index >= 15 is 0 Å². The summed E-state index contributed by atoms with van der Waals surface area (Å²) in [6.45, 7) is 6.32. The number of amides is 1. The van der Waals surface area contributed by atoms with Gasteiger partial charge in [-0.05, 0) is 36.8 Å². The quantitative estimate of drug-likeness (QED) is 0.847. The number of benzene rings is 1. The number of aryl methyl sites for hydroxylation is 1. The van der Waals surface area contributed by atoms with Gasteiger partial charge in [0, 0.05) is 5.92 Å². The molecule has 0 aliphatic heterocycles. The summed E-state index contributed by atoms with van der Waals surface area (Å²) in [6.07, 6.45) is 2.11. The van der Waals surface area contributed by atoms with Crippen molar-refractivity contribution in [2.24, 2.45) is 11.8 Å². The highest BCUT2D eigenvalue weighted by molar-refractivity contribution is 5.81. The third-order valence-corrected chi connectivity index (χ3v) is 3.69. The largest absolute Gasteiger partial charge is 0.349 e. The topological polar surface area (TPSA) is 29.1 Å². The lowest BCUT2D eigenvalue weighted by molar-refractivity contribution is -0.123. The van der Waals surface area contributed by atoms with E-state index in [1.54, 1.807) is 0 Å². The molecule has 1 aliphatic carbocycles. The predicted molar refractivity (Wildman–Crippen MR) is 69.6 cm³/mol. The molecule has 0 bridgehead atoms. The number of nitrogens with one attached hydrogen (secondary N) is 1. The third-order valence-electron chi connectivity index (χ3n) is 3.69. The van der Waals surface area contributed by atoms with Gasteiger partial charge in [0.25, 0.3) is 0 Å². The molecular formula is C15H21NO. The number of hydrogen-bond donors (Lipinski definition) is 1. The van der Waals surface area contributed by atoms with E-state index in [2.05, 4.69) is 43.4 Å². The summed E-state index contributed by atoms with van der Waals surface area (Å²) in [5, 5.41) is 3.09. The highest BCUT2D eigenvalue weighted by atomic mass is 16.2. The maximum Gasteiger partial charge on any atom is 0.223 e. The predicted octanol–water partition coefficient (Wildman–Crippen LogP) is 3.08. The molecule has 0 saturated heterocycles. The van der Waals surface area contributed by atoms with Crippen LogP contribution in [0.4, 0.5) is 0 Å². The number of rotatable bonds is 4. The van der Waals surface area contributed by atoms with Crippen molar-refractivity contribution in [2.75, 3.05) is 0 Å². The fraction of sp³-hybridized carbons (Fsp3) is 0.533. The third kappa shape index (κ3) is 2.87. The fourth-order valence-electron chi connectivity index (χ4n) is 2.13. The van der Waals surface area contributed by atoms with E-state index in [1.807, 2.05) is 6.92 Å². The van der Waals surface area contributed by atoms with Crippen LogP contribution in [0.15, 0.2) is 24.3 Å². The van der Waals surface area contributed by atoms with Crippen LogP contribution in [0.5, 0.6) is 0 Å². The molecule has 1 saturated carbocycles. The van der Waals surface area contributed by atoms with Gasteiger partial charge in [0.1, 0.15) is 0 Å². The summed E-state index contributed by atoms with van der Waals surface area (Å²) < 4.78 is 0. The Morgan fingerprint density at radius 1 is 1.41 bits per heavy atom. The minimum atomic E-state index is 0.112. The molecule has 2 rings (SSSR count). The van der Waals surface area contributed by atoms with Gasteiger partial charge >= 0.3 is 0 Å². The Balaban J connectivity index is 1.94. The van der Waals surface area contributed by atoms with E-state index in [-0.39, 0.29) is 17.9 Å². The van der Waals surface area contributed by atoms with E-state index in [0.717, 1.165) is 12.8 Å². The number of carbonyl (C=O) groups excluding carboxylic acids is 1. The van der Waals surface area contributed by atoms with E-state index in [9.17, 15) is 4.79 Å². The number of hydrogen-bond acceptors (Lipinski definition) is 1. The van der Waals surface area contributed by atoms with Crippen LogP contribution in [0.25, 0.3) is 0 Å². The van der Waals surface area contributed by atoms with Crippen molar-refractivity contribution >= 4 is 5.91 Å². The molecule has 17 heavy (non-hydrogen) atoms. The molecule has 1 aromatic rings. The molecule has 1 aromatic carbocycles. The van der Waals surface area contributed by atoms with Gasteiger partial charge in [-0.3, -0.25) is 4.79 Å². The van der Waals surface area contributed by atoms with Crippen molar-refractivity contribution in [1.82, 2.24) is 5.32 Å². The first-order valence-electron chi connectivity index (χ1n) is 6.51. The Labute approximate surface area is 103 Å². The standard InChI is InChI=1S/C15H21NO/c1-4-12-5-7-13(8-6-12)11(3)16-15(17)14-9-10(14)2/h5-8,10-11,14H,4,9H2,1-3H3,(H,16,17)/t10-,11-,14+/m0/s1. The van der Waals surface area contributed by atoms with Crippen molar-refractivity contribution in [3.63, 3.8) is 0 Å². The van der Waals surface area contributed by atoms with Crippen LogP contribution in [-0.2, 0) is 11.2 Å². The molecule has 0 spiro atoms. The van der Waals surface area contributed by atoms with Crippen LogP contribution in [-0.4, -0.2) is 5.91 Å². The molecule has 0 radical (unpaired) electrons. The normalized spacial score (nSPS) is 24.2. The van der Waals surface area contributed by atoms with E-state index in [4.69, 9.17) is 0 Å². The van der Waals surface area contributed by atoms with Crippen molar-refractivity contribution in [1.29, 1.82) is 0 Å². The highest BCUT2D eigenvalue weighted by Crippen LogP contribution is 2.38. The summed E-state index contributed by atoms with van der Waals surface area (Å²) >= 11 is 0. The Bertz CT molecular complexity index is 396. The van der Waals surface area contributed by atoms with Crippen LogP contribution >= 0.6 is 0 Å². The molecule has 1 N–H and O–H groups in total. The first-order valence-corrected chi connectivity index (χ1v) is 6.51. The lowest BCUT2D eigenvalue weighted by Crippen LogP contribution is -2.28. The van der Waals surface area contributed by atoms with E-state index in [1.165, 1.54) is 11.1 Å². The summed E-state index contributed by atoms with van der Waals surface area (Å²) in [5.41, 5.74) is 2.52. The van der Waals surface area contributed by atoms with Gasteiger partial charge in [0.15, 0.2) is 0 Å². The second-order valence-corrected chi connectivity index (χ2v) is 5.14. The summed E-state index contributed by atoms with van der Waals surface area (Å²) in [5.74, 6) is 1.04. The minimum absolute atomic E-state index is 0.112. The van der Waals surface area contributed by atoms with Crippen LogP contribution < -0.4 is 5.32 Å². The Morgan fingerprint density at radius 2 is 2.00 bits per heavy atom. The van der Waals surface area contributed by atoms with Gasteiger partial charge in [0.2, 0.25) is 5.91 Å². The molecule has 1 amide bonds. The lowest BCUT2D eigenvalue weighted by Gasteiger charge is -2.14. The van der Waals surface area contributed by atoms with Gasteiger partial charge in [-0.1, -0.05) is 38.1 Å². The SMILES string of the molecule is CCc1ccc([C@H](C)NC(=O)[C@@H]2C[C@@H]2C)cc1. The zero-order chi connectivity index (χ0) is 12.4. The molecule has 92 valence electrons. The van der Waals surface area contributed by atoms with Gasteiger partial charge in [-0.2, -0.15) is 0 Å². The Kier molecular flexibility index (Phi) is 3.51. The van der Waals surface area contributed by atoms with Gasteiger partial charge < -0.3 is 5.32 Å². The Morgan fingerprint density at radius 3 is 2.47 bits per heavy atom. The fourth-order valence-corrected chi connectivity index (χ4v) is 2.13. The zero-order valence-electron chi connectivity index (χ0n) is 10.9. The minimum Gasteiger partial charge on any atom is -0.349 e. The summed E-state index contributed by atoms with van der Waals surface area (Å²) in [7, 11) is 0. The van der Waals surface area contributed by atoms with Gasteiger partial charge in [0.05, 0.1) is 6.04 Å². The van der Waals surface area contributed by atoms with Crippen molar-refractivity contribution in [3.05, 3.63) is 35.4 Å². The van der Waals surface area contributed by atoms with Crippen LogP contribution in [0.2, 0.25) is 0 Å². The molecule has 0 unspecified atom stereocenters. The van der Waals surface area contributed by atoms with Gasteiger partial charge in [-0.15, -0.1) is 0 Å². The molecule has 2 heteroatoms. The second kappa shape index (κ2) is 4.91. The van der Waals surface area contributed by atoms with Crippen molar-refractivity contribution in [3.8, 4) is 0 Å². The molecule has 3 atom stereocenters. The second-order valence-electron chi connectivity index (χ2n) is 5.14. The van der Waals surface area contributed by atoms with Crippen LogP contribution in [0.3, 0.4) is 0 Å². The summed E-state index contributed by atoms with van der Waals surface area (Å²) in [4.78, 5) is 11.8. The van der Waals surface area contributed by atoms with Gasteiger partial charge in [-0.25, -0.2) is 0 Å². The lowest BCUT2D eigenvalue weighted by atomic mass is 10.0. The van der Waals surface area contributed by atoms with Crippen molar-refractivity contribution < 1.29 is 4.79 Å². The smallest absolute Gasteiger partial charge is 0.223 e. The zero-order valence-corrected chi connectivity index (χ0v) is 10.9. The maximum atomic E-state index is 11.8. The highest BCUT2D eigenvalue weighted by Gasteiger charge is 2.39. The number of carbonyl (C=O) groups is 1. The van der Waals surface area contributed by atoms with E-state index < -0.39 is 0 Å². The first-order chi connectivity index (χ1) is 8.11. The first kappa shape index (κ1) is 12.2. The molecule has 0 heterocycles. The summed E-state index contributed by atoms with van der Waals surface area (Å²) in [6, 6.07) is 8.61. The van der Waals surface area contributed by atoms with E-state index in [0.29, 0.717) is 5.92 Å².